The van der Waals surface area contributed by atoms with E-state index in [2.05, 4.69) is 40.5 Å². The summed E-state index contributed by atoms with van der Waals surface area (Å²) in [5.74, 6) is 0.560. The van der Waals surface area contributed by atoms with Crippen molar-refractivity contribution in [3.8, 4) is 0 Å². The van der Waals surface area contributed by atoms with Crippen LogP contribution in [0.15, 0.2) is 30.3 Å². The first-order valence-corrected chi connectivity index (χ1v) is 9.38. The highest BCUT2D eigenvalue weighted by Crippen LogP contribution is 2.32. The van der Waals surface area contributed by atoms with Crippen LogP contribution >= 0.6 is 0 Å². The molecule has 0 radical (unpaired) electrons. The summed E-state index contributed by atoms with van der Waals surface area (Å²) in [5.41, 5.74) is 0.653. The summed E-state index contributed by atoms with van der Waals surface area (Å²) in [7, 11) is 0. The zero-order valence-electron chi connectivity index (χ0n) is 14.5. The number of benzene rings is 1. The fourth-order valence-corrected chi connectivity index (χ4v) is 4.04. The number of rotatable bonds is 7. The molecule has 3 rings (SSSR count). The van der Waals surface area contributed by atoms with E-state index in [4.69, 9.17) is 0 Å². The fourth-order valence-electron chi connectivity index (χ4n) is 4.04. The maximum absolute atomic E-state index is 12.1. The monoisotopic (exact) mass is 330 g/mol. The molecule has 4 heteroatoms. The predicted octanol–water partition coefficient (Wildman–Crippen LogP) is 2.36. The van der Waals surface area contributed by atoms with Gasteiger partial charge in [-0.05, 0) is 43.7 Å². The molecule has 1 aliphatic heterocycles. The van der Waals surface area contributed by atoms with E-state index in [9.17, 15) is 9.90 Å². The van der Waals surface area contributed by atoms with Crippen molar-refractivity contribution in [3.05, 3.63) is 35.9 Å². The highest BCUT2D eigenvalue weighted by atomic mass is 16.3. The Kier molecular flexibility index (Phi) is 5.90. The van der Waals surface area contributed by atoms with Crippen molar-refractivity contribution >= 4 is 5.91 Å². The average Bonchev–Trinajstić information content (AvgIpc) is 3.21. The lowest BCUT2D eigenvalue weighted by atomic mass is 9.97. The van der Waals surface area contributed by atoms with Crippen molar-refractivity contribution in [2.45, 2.75) is 50.5 Å². The largest absolute Gasteiger partial charge is 0.389 e. The van der Waals surface area contributed by atoms with Gasteiger partial charge in [-0.3, -0.25) is 4.79 Å². The molecular weight excluding hydrogens is 300 g/mol. The van der Waals surface area contributed by atoms with Gasteiger partial charge in [0, 0.05) is 19.6 Å². The van der Waals surface area contributed by atoms with Gasteiger partial charge in [-0.1, -0.05) is 43.2 Å². The SMILES string of the molecule is O=C(CC1(O)CCCC1)NCC1CCN(CCc2ccccc2)C1. The van der Waals surface area contributed by atoms with Crippen molar-refractivity contribution in [3.63, 3.8) is 0 Å². The van der Waals surface area contributed by atoms with Gasteiger partial charge in [0.2, 0.25) is 5.91 Å². The number of nitrogens with zero attached hydrogens (tertiary/aromatic N) is 1. The third-order valence-electron chi connectivity index (χ3n) is 5.54. The van der Waals surface area contributed by atoms with Crippen LogP contribution in [-0.4, -0.2) is 47.7 Å². The maximum atomic E-state index is 12.1. The Morgan fingerprint density at radius 1 is 1.25 bits per heavy atom. The molecule has 1 amide bonds. The second-order valence-corrected chi connectivity index (χ2v) is 7.60. The predicted molar refractivity (Wildman–Crippen MR) is 95.7 cm³/mol. The molecule has 2 aliphatic rings. The third-order valence-corrected chi connectivity index (χ3v) is 5.54. The van der Waals surface area contributed by atoms with Gasteiger partial charge in [0.05, 0.1) is 12.0 Å². The van der Waals surface area contributed by atoms with Crippen LogP contribution in [0.3, 0.4) is 0 Å². The summed E-state index contributed by atoms with van der Waals surface area (Å²) in [4.78, 5) is 14.6. The van der Waals surface area contributed by atoms with Gasteiger partial charge < -0.3 is 15.3 Å². The lowest BCUT2D eigenvalue weighted by Gasteiger charge is -2.22. The van der Waals surface area contributed by atoms with Crippen LogP contribution in [0.5, 0.6) is 0 Å². The first kappa shape index (κ1) is 17.4. The Balaban J connectivity index is 1.33. The summed E-state index contributed by atoms with van der Waals surface area (Å²) in [5, 5.41) is 13.4. The Labute approximate surface area is 145 Å². The first-order valence-electron chi connectivity index (χ1n) is 9.38. The molecule has 1 atom stereocenters. The zero-order chi connectivity index (χ0) is 16.8. The molecule has 1 unspecified atom stereocenters. The molecule has 2 N–H and O–H groups in total. The Bertz CT molecular complexity index is 526. The lowest BCUT2D eigenvalue weighted by Crippen LogP contribution is -2.37. The molecule has 1 aromatic rings. The number of nitrogens with one attached hydrogen (secondary N) is 1. The van der Waals surface area contributed by atoms with Gasteiger partial charge in [0.15, 0.2) is 0 Å². The summed E-state index contributed by atoms with van der Waals surface area (Å²) in [6.45, 7) is 4.03. The highest BCUT2D eigenvalue weighted by molar-refractivity contribution is 5.77. The van der Waals surface area contributed by atoms with E-state index >= 15 is 0 Å². The summed E-state index contributed by atoms with van der Waals surface area (Å²) in [6.07, 6.45) is 6.16. The van der Waals surface area contributed by atoms with Gasteiger partial charge >= 0.3 is 0 Å². The molecule has 132 valence electrons. The summed E-state index contributed by atoms with van der Waals surface area (Å²) < 4.78 is 0. The minimum Gasteiger partial charge on any atom is -0.389 e. The molecule has 1 heterocycles. The Morgan fingerprint density at radius 2 is 2.00 bits per heavy atom. The molecular formula is C20H30N2O2. The zero-order valence-corrected chi connectivity index (χ0v) is 14.5. The van der Waals surface area contributed by atoms with Crippen LogP contribution in [0.2, 0.25) is 0 Å². The van der Waals surface area contributed by atoms with Crippen LogP contribution in [0.4, 0.5) is 0 Å². The number of amides is 1. The van der Waals surface area contributed by atoms with Crippen molar-refractivity contribution in [2.75, 3.05) is 26.2 Å². The van der Waals surface area contributed by atoms with E-state index in [0.29, 0.717) is 5.92 Å². The van der Waals surface area contributed by atoms with Crippen LogP contribution in [0.25, 0.3) is 0 Å². The number of hydrogen-bond donors (Lipinski definition) is 2. The molecule has 1 aliphatic carbocycles. The lowest BCUT2D eigenvalue weighted by molar-refractivity contribution is -0.126. The third kappa shape index (κ3) is 5.05. The number of carbonyl (C=O) groups excluding carboxylic acids is 1. The standard InChI is InChI=1S/C20H30N2O2/c23-19(14-20(24)10-4-5-11-20)21-15-18-9-13-22(16-18)12-8-17-6-2-1-3-7-17/h1-3,6-7,18,24H,4-5,8-16H2,(H,21,23). The van der Waals surface area contributed by atoms with Gasteiger partial charge in [0.1, 0.15) is 0 Å². The smallest absolute Gasteiger partial charge is 0.222 e. The molecule has 4 nitrogen and oxygen atoms in total. The Morgan fingerprint density at radius 3 is 2.75 bits per heavy atom. The maximum Gasteiger partial charge on any atom is 0.222 e. The van der Waals surface area contributed by atoms with Crippen molar-refractivity contribution in [1.82, 2.24) is 10.2 Å². The fraction of sp³-hybridized carbons (Fsp3) is 0.650. The van der Waals surface area contributed by atoms with E-state index in [1.165, 1.54) is 5.56 Å². The van der Waals surface area contributed by atoms with E-state index in [-0.39, 0.29) is 12.3 Å². The quantitative estimate of drug-likeness (QED) is 0.807. The normalized spacial score (nSPS) is 23.5. The van der Waals surface area contributed by atoms with Gasteiger partial charge in [0.25, 0.3) is 0 Å². The number of hydrogen-bond acceptors (Lipinski definition) is 3. The molecule has 1 saturated heterocycles. The second kappa shape index (κ2) is 8.13. The van der Waals surface area contributed by atoms with Crippen molar-refractivity contribution in [2.24, 2.45) is 5.92 Å². The summed E-state index contributed by atoms with van der Waals surface area (Å²) >= 11 is 0. The Hall–Kier alpha value is -1.39. The summed E-state index contributed by atoms with van der Waals surface area (Å²) in [6, 6.07) is 10.6. The molecule has 1 saturated carbocycles. The van der Waals surface area contributed by atoms with E-state index in [1.807, 2.05) is 0 Å². The molecule has 0 bridgehead atoms. The van der Waals surface area contributed by atoms with Crippen LogP contribution in [0, 0.1) is 5.92 Å². The topological polar surface area (TPSA) is 52.6 Å². The van der Waals surface area contributed by atoms with Gasteiger partial charge in [-0.25, -0.2) is 0 Å². The van der Waals surface area contributed by atoms with E-state index in [1.54, 1.807) is 0 Å². The molecule has 2 fully saturated rings. The van der Waals surface area contributed by atoms with Crippen LogP contribution in [-0.2, 0) is 11.2 Å². The first-order chi connectivity index (χ1) is 11.6. The minimum absolute atomic E-state index is 0.0159. The molecule has 24 heavy (non-hydrogen) atoms. The van der Waals surface area contributed by atoms with Crippen LogP contribution < -0.4 is 5.32 Å². The molecule has 1 aromatic carbocycles. The van der Waals surface area contributed by atoms with Crippen LogP contribution in [0.1, 0.15) is 44.1 Å². The minimum atomic E-state index is -0.735. The number of carbonyl (C=O) groups is 1. The van der Waals surface area contributed by atoms with E-state index in [0.717, 1.165) is 64.7 Å². The number of aliphatic hydroxyl groups is 1. The second-order valence-electron chi connectivity index (χ2n) is 7.60. The van der Waals surface area contributed by atoms with Gasteiger partial charge in [-0.2, -0.15) is 0 Å². The van der Waals surface area contributed by atoms with Crippen molar-refractivity contribution < 1.29 is 9.90 Å². The van der Waals surface area contributed by atoms with Gasteiger partial charge in [-0.15, -0.1) is 0 Å². The van der Waals surface area contributed by atoms with E-state index < -0.39 is 5.60 Å². The average molecular weight is 330 g/mol. The number of likely N-dealkylation sites (tertiary alicyclic amines) is 1. The van der Waals surface area contributed by atoms with Crippen molar-refractivity contribution in [1.29, 1.82) is 0 Å². The molecule has 0 aromatic heterocycles. The molecule has 0 spiro atoms. The highest BCUT2D eigenvalue weighted by Gasteiger charge is 2.33.